The van der Waals surface area contributed by atoms with Crippen LogP contribution in [0.4, 0.5) is 5.69 Å². The molecule has 1 N–H and O–H groups in total. The molecule has 0 aliphatic rings. The lowest BCUT2D eigenvalue weighted by Gasteiger charge is -2.00. The summed E-state index contributed by atoms with van der Waals surface area (Å²) in [5.41, 5.74) is -0.115. The third kappa shape index (κ3) is 3.28. The van der Waals surface area contributed by atoms with E-state index < -0.39 is 16.7 Å². The van der Waals surface area contributed by atoms with Gasteiger partial charge in [0.15, 0.2) is 0 Å². The van der Waals surface area contributed by atoms with E-state index in [9.17, 15) is 20.0 Å². The molecule has 1 aromatic rings. The van der Waals surface area contributed by atoms with Gasteiger partial charge < -0.3 is 9.84 Å². The van der Waals surface area contributed by atoms with Crippen LogP contribution < -0.4 is 0 Å². The van der Waals surface area contributed by atoms with Crippen molar-refractivity contribution < 1.29 is 19.6 Å². The zero-order chi connectivity index (χ0) is 13.0. The minimum absolute atomic E-state index is 0.112. The standard InChI is InChI=1S/C10H8BrNO5/c1-17-10(14)9(13)4-6-2-3-7(11)5-8(6)12(15)16/h2-5,13H,1H3. The second kappa shape index (κ2) is 5.44. The SMILES string of the molecule is COC(=O)C(O)=Cc1ccc(Br)cc1[N+](=O)[O-]. The second-order valence-corrected chi connectivity index (χ2v) is 3.90. The summed E-state index contributed by atoms with van der Waals surface area (Å²) < 4.78 is 4.80. The topological polar surface area (TPSA) is 89.7 Å². The molecular weight excluding hydrogens is 294 g/mol. The quantitative estimate of drug-likeness (QED) is 0.304. The van der Waals surface area contributed by atoms with Crippen LogP contribution in [0.3, 0.4) is 0 Å². The van der Waals surface area contributed by atoms with E-state index in [0.717, 1.165) is 13.2 Å². The summed E-state index contributed by atoms with van der Waals surface area (Å²) in [6.45, 7) is 0. The van der Waals surface area contributed by atoms with Crippen LogP contribution in [0, 0.1) is 10.1 Å². The normalized spacial score (nSPS) is 11.1. The van der Waals surface area contributed by atoms with Gasteiger partial charge in [-0.1, -0.05) is 15.9 Å². The molecule has 0 heterocycles. The van der Waals surface area contributed by atoms with Crippen molar-refractivity contribution >= 4 is 33.7 Å². The molecule has 0 spiro atoms. The minimum Gasteiger partial charge on any atom is -0.502 e. The lowest BCUT2D eigenvalue weighted by atomic mass is 10.1. The fourth-order valence-electron chi connectivity index (χ4n) is 1.11. The zero-order valence-electron chi connectivity index (χ0n) is 8.71. The molecule has 0 atom stereocenters. The Morgan fingerprint density at radius 1 is 1.59 bits per heavy atom. The first-order valence-corrected chi connectivity index (χ1v) is 5.18. The van der Waals surface area contributed by atoms with Crippen molar-refractivity contribution in [1.82, 2.24) is 0 Å². The number of hydrogen-bond acceptors (Lipinski definition) is 5. The fraction of sp³-hybridized carbons (Fsp3) is 0.100. The van der Waals surface area contributed by atoms with Gasteiger partial charge in [0.2, 0.25) is 5.76 Å². The molecule has 6 nitrogen and oxygen atoms in total. The number of aliphatic hydroxyl groups excluding tert-OH is 1. The molecule has 17 heavy (non-hydrogen) atoms. The number of methoxy groups -OCH3 is 1. The molecule has 0 bridgehead atoms. The number of hydrogen-bond donors (Lipinski definition) is 1. The molecule has 0 fully saturated rings. The number of esters is 1. The molecule has 0 radical (unpaired) electrons. The first-order valence-electron chi connectivity index (χ1n) is 4.38. The van der Waals surface area contributed by atoms with Gasteiger partial charge in [-0.05, 0) is 12.1 Å². The summed E-state index contributed by atoms with van der Waals surface area (Å²) in [5.74, 6) is -1.65. The number of aliphatic hydroxyl groups is 1. The number of ether oxygens (including phenoxy) is 1. The van der Waals surface area contributed by atoms with Crippen LogP contribution in [0.2, 0.25) is 0 Å². The van der Waals surface area contributed by atoms with Crippen LogP contribution in [-0.4, -0.2) is 23.1 Å². The van der Waals surface area contributed by atoms with Gasteiger partial charge in [-0.15, -0.1) is 0 Å². The number of halogens is 1. The summed E-state index contributed by atoms with van der Waals surface area (Å²) in [5, 5.41) is 20.1. The third-order valence-corrected chi connectivity index (χ3v) is 2.37. The maximum Gasteiger partial charge on any atom is 0.373 e. The Bertz CT molecular complexity index is 497. The average Bonchev–Trinajstić information content (AvgIpc) is 2.29. The molecule has 1 aromatic carbocycles. The van der Waals surface area contributed by atoms with E-state index in [1.807, 2.05) is 0 Å². The Morgan fingerprint density at radius 2 is 2.24 bits per heavy atom. The third-order valence-electron chi connectivity index (χ3n) is 1.88. The highest BCUT2D eigenvalue weighted by Gasteiger charge is 2.15. The Morgan fingerprint density at radius 3 is 2.76 bits per heavy atom. The van der Waals surface area contributed by atoms with Gasteiger partial charge in [-0.2, -0.15) is 0 Å². The van der Waals surface area contributed by atoms with Crippen LogP contribution in [0.5, 0.6) is 0 Å². The first kappa shape index (κ1) is 13.2. The Kier molecular flexibility index (Phi) is 4.22. The van der Waals surface area contributed by atoms with E-state index in [4.69, 9.17) is 0 Å². The first-order chi connectivity index (χ1) is 7.95. The Balaban J connectivity index is 3.23. The largest absolute Gasteiger partial charge is 0.502 e. The summed E-state index contributed by atoms with van der Waals surface area (Å²) >= 11 is 3.09. The van der Waals surface area contributed by atoms with Crippen LogP contribution >= 0.6 is 15.9 Å². The van der Waals surface area contributed by atoms with Crippen LogP contribution in [-0.2, 0) is 9.53 Å². The number of rotatable bonds is 3. The summed E-state index contributed by atoms with van der Waals surface area (Å²) in [6.07, 6.45) is 0.983. The molecule has 0 saturated carbocycles. The molecule has 90 valence electrons. The number of carbonyl (C=O) groups excluding carboxylic acids is 1. The summed E-state index contributed by atoms with van der Waals surface area (Å²) in [7, 11) is 1.10. The minimum atomic E-state index is -0.956. The lowest BCUT2D eigenvalue weighted by Crippen LogP contribution is -2.03. The highest BCUT2D eigenvalue weighted by atomic mass is 79.9. The van der Waals surface area contributed by atoms with Gasteiger partial charge >= 0.3 is 5.97 Å². The van der Waals surface area contributed by atoms with E-state index in [1.165, 1.54) is 12.1 Å². The van der Waals surface area contributed by atoms with E-state index in [-0.39, 0.29) is 11.3 Å². The molecule has 1 rings (SSSR count). The van der Waals surface area contributed by atoms with E-state index >= 15 is 0 Å². The highest BCUT2D eigenvalue weighted by molar-refractivity contribution is 9.10. The van der Waals surface area contributed by atoms with Gasteiger partial charge in [0.05, 0.1) is 17.6 Å². The van der Waals surface area contributed by atoms with Crippen molar-refractivity contribution in [1.29, 1.82) is 0 Å². The summed E-state index contributed by atoms with van der Waals surface area (Å²) in [6, 6.07) is 4.24. The van der Waals surface area contributed by atoms with Crippen molar-refractivity contribution in [3.8, 4) is 0 Å². The van der Waals surface area contributed by atoms with Crippen LogP contribution in [0.25, 0.3) is 6.08 Å². The average molecular weight is 302 g/mol. The van der Waals surface area contributed by atoms with Crippen molar-refractivity contribution in [2.45, 2.75) is 0 Å². The number of benzene rings is 1. The highest BCUT2D eigenvalue weighted by Crippen LogP contribution is 2.25. The van der Waals surface area contributed by atoms with Gasteiger partial charge in [0, 0.05) is 16.6 Å². The molecule has 0 aliphatic carbocycles. The monoisotopic (exact) mass is 301 g/mol. The lowest BCUT2D eigenvalue weighted by molar-refractivity contribution is -0.385. The van der Waals surface area contributed by atoms with Crippen LogP contribution in [0.1, 0.15) is 5.56 Å². The Hall–Kier alpha value is -1.89. The predicted octanol–water partition coefficient (Wildman–Crippen LogP) is 2.43. The van der Waals surface area contributed by atoms with E-state index in [1.54, 1.807) is 6.07 Å². The number of carbonyl (C=O) groups is 1. The Labute approximate surface area is 105 Å². The van der Waals surface area contributed by atoms with Crippen LogP contribution in [0.15, 0.2) is 28.4 Å². The predicted molar refractivity (Wildman–Crippen MR) is 63.4 cm³/mol. The van der Waals surface area contributed by atoms with Gasteiger partial charge in [-0.25, -0.2) is 4.79 Å². The number of nitro groups is 1. The maximum absolute atomic E-state index is 10.9. The van der Waals surface area contributed by atoms with Crippen molar-refractivity contribution in [3.05, 3.63) is 44.1 Å². The van der Waals surface area contributed by atoms with Gasteiger partial charge in [0.25, 0.3) is 5.69 Å². The molecule has 7 heteroatoms. The second-order valence-electron chi connectivity index (χ2n) is 2.98. The van der Waals surface area contributed by atoms with E-state index in [2.05, 4.69) is 20.7 Å². The summed E-state index contributed by atoms with van der Waals surface area (Å²) in [4.78, 5) is 21.1. The molecular formula is C10H8BrNO5. The van der Waals surface area contributed by atoms with Crippen molar-refractivity contribution in [3.63, 3.8) is 0 Å². The zero-order valence-corrected chi connectivity index (χ0v) is 10.3. The van der Waals surface area contributed by atoms with Gasteiger partial charge in [0.1, 0.15) is 0 Å². The van der Waals surface area contributed by atoms with Crippen molar-refractivity contribution in [2.75, 3.05) is 7.11 Å². The number of nitrogens with zero attached hydrogens (tertiary/aromatic N) is 1. The molecule has 0 aliphatic heterocycles. The van der Waals surface area contributed by atoms with Crippen molar-refractivity contribution in [2.24, 2.45) is 0 Å². The molecule has 0 amide bonds. The fourth-order valence-corrected chi connectivity index (χ4v) is 1.46. The molecule has 0 saturated heterocycles. The van der Waals surface area contributed by atoms with Gasteiger partial charge in [-0.3, -0.25) is 10.1 Å². The molecule has 0 aromatic heterocycles. The van der Waals surface area contributed by atoms with E-state index in [0.29, 0.717) is 4.47 Å². The maximum atomic E-state index is 10.9. The number of nitro benzene ring substituents is 1. The molecule has 0 unspecified atom stereocenters. The smallest absolute Gasteiger partial charge is 0.373 e.